The summed E-state index contributed by atoms with van der Waals surface area (Å²) in [5, 5.41) is 17.1. The van der Waals surface area contributed by atoms with Crippen molar-refractivity contribution in [2.75, 3.05) is 16.9 Å². The van der Waals surface area contributed by atoms with Crippen LogP contribution in [0.4, 0.5) is 10.7 Å². The molecule has 154 valence electrons. The molecule has 0 bridgehead atoms. The van der Waals surface area contributed by atoms with Gasteiger partial charge in [-0.3, -0.25) is 15.0 Å². The van der Waals surface area contributed by atoms with Crippen LogP contribution in [0.1, 0.15) is 44.0 Å². The average Bonchev–Trinajstić information content (AvgIpc) is 3.12. The predicted molar refractivity (Wildman–Crippen MR) is 113 cm³/mol. The number of hydrogen-bond donors (Lipinski definition) is 4. The Balaban J connectivity index is 1.83. The quantitative estimate of drug-likeness (QED) is 0.124. The zero-order valence-corrected chi connectivity index (χ0v) is 16.7. The van der Waals surface area contributed by atoms with Crippen LogP contribution in [0.5, 0.6) is 0 Å². The number of hydrogen-bond acceptors (Lipinski definition) is 7. The molecule has 0 saturated heterocycles. The molecule has 12 heteroatoms. The van der Waals surface area contributed by atoms with Gasteiger partial charge in [0.2, 0.25) is 0 Å². The Labute approximate surface area is 175 Å². The molecule has 4 N–H and O–H groups in total. The topological polar surface area (TPSA) is 170 Å². The standard InChI is InChI=1S/C18H19N9O2S/c19-9-27(10-22-25-20)12-7-5-11(6-8-12)16(28)23-18-15(17(29)24-26-21)13-3-1-2-4-14(13)30-18/h5-9,19H,1-4,10H2,(H,23,28)(H2,21,24,29). The molecule has 2 amide bonds. The van der Waals surface area contributed by atoms with Crippen molar-refractivity contribution in [3.05, 3.63) is 56.3 Å². The van der Waals surface area contributed by atoms with Gasteiger partial charge in [0, 0.05) is 21.0 Å². The molecule has 0 radical (unpaired) electrons. The van der Waals surface area contributed by atoms with Crippen molar-refractivity contribution >= 4 is 40.2 Å². The second kappa shape index (κ2) is 9.63. The highest BCUT2D eigenvalue weighted by Gasteiger charge is 2.26. The molecule has 0 saturated carbocycles. The summed E-state index contributed by atoms with van der Waals surface area (Å²) in [5.41, 5.74) is 19.7. The van der Waals surface area contributed by atoms with Crippen LogP contribution in [0.25, 0.3) is 10.4 Å². The first-order chi connectivity index (χ1) is 14.6. The van der Waals surface area contributed by atoms with E-state index in [9.17, 15) is 9.59 Å². The number of fused-ring (bicyclic) bond motifs is 1. The number of thiophene rings is 1. The van der Waals surface area contributed by atoms with Crippen molar-refractivity contribution in [1.29, 1.82) is 10.9 Å². The number of rotatable bonds is 8. The molecule has 2 aromatic rings. The van der Waals surface area contributed by atoms with E-state index in [1.807, 2.05) is 0 Å². The molecular formula is C18H19N9O2S. The van der Waals surface area contributed by atoms with Crippen LogP contribution in [-0.2, 0) is 12.8 Å². The summed E-state index contributed by atoms with van der Waals surface area (Å²) >= 11 is 1.38. The molecule has 1 aliphatic carbocycles. The summed E-state index contributed by atoms with van der Waals surface area (Å²) < 4.78 is 0. The van der Waals surface area contributed by atoms with E-state index in [0.29, 0.717) is 21.8 Å². The Morgan fingerprint density at radius 3 is 2.63 bits per heavy atom. The van der Waals surface area contributed by atoms with Crippen molar-refractivity contribution in [2.45, 2.75) is 25.7 Å². The molecule has 1 heterocycles. The van der Waals surface area contributed by atoms with Crippen molar-refractivity contribution < 1.29 is 9.59 Å². The van der Waals surface area contributed by atoms with Gasteiger partial charge in [0.15, 0.2) is 0 Å². The molecule has 11 nitrogen and oxygen atoms in total. The lowest BCUT2D eigenvalue weighted by Gasteiger charge is -2.16. The normalized spacial score (nSPS) is 12.1. The van der Waals surface area contributed by atoms with Gasteiger partial charge in [0.05, 0.1) is 11.9 Å². The van der Waals surface area contributed by atoms with E-state index in [1.54, 1.807) is 24.3 Å². The van der Waals surface area contributed by atoms with E-state index < -0.39 is 5.91 Å². The second-order valence-corrected chi connectivity index (χ2v) is 7.55. The van der Waals surface area contributed by atoms with Crippen molar-refractivity contribution in [1.82, 2.24) is 5.43 Å². The number of amides is 2. The maximum atomic E-state index is 12.8. The lowest BCUT2D eigenvalue weighted by atomic mass is 9.95. The monoisotopic (exact) mass is 425 g/mol. The van der Waals surface area contributed by atoms with Crippen molar-refractivity contribution in [2.24, 2.45) is 10.3 Å². The van der Waals surface area contributed by atoms with Crippen molar-refractivity contribution in [3.63, 3.8) is 0 Å². The Morgan fingerprint density at radius 1 is 1.23 bits per heavy atom. The third-order valence-corrected chi connectivity index (χ3v) is 5.89. The Bertz CT molecular complexity index is 1030. The number of benzene rings is 1. The minimum atomic E-state index is -0.505. The number of nitrogens with one attached hydrogen (secondary N) is 4. The van der Waals surface area contributed by atoms with Gasteiger partial charge in [0.25, 0.3) is 11.8 Å². The van der Waals surface area contributed by atoms with Crippen LogP contribution < -0.4 is 15.6 Å². The fourth-order valence-electron chi connectivity index (χ4n) is 3.27. The molecule has 0 aliphatic heterocycles. The highest BCUT2D eigenvalue weighted by molar-refractivity contribution is 7.17. The molecule has 0 fully saturated rings. The largest absolute Gasteiger partial charge is 0.327 e. The van der Waals surface area contributed by atoms with Gasteiger partial charge in [-0.05, 0) is 61.0 Å². The summed E-state index contributed by atoms with van der Waals surface area (Å²) in [4.78, 5) is 30.3. The van der Waals surface area contributed by atoms with Crippen molar-refractivity contribution in [3.8, 4) is 0 Å². The fraction of sp³-hybridized carbons (Fsp3) is 0.278. The Hall–Kier alpha value is -3.76. The van der Waals surface area contributed by atoms with E-state index in [-0.39, 0.29) is 12.6 Å². The van der Waals surface area contributed by atoms with Crippen LogP contribution in [-0.4, -0.2) is 24.8 Å². The van der Waals surface area contributed by atoms with Gasteiger partial charge in [-0.15, -0.1) is 11.3 Å². The van der Waals surface area contributed by atoms with E-state index in [1.165, 1.54) is 16.2 Å². The van der Waals surface area contributed by atoms with E-state index in [4.69, 9.17) is 16.5 Å². The van der Waals surface area contributed by atoms with E-state index >= 15 is 0 Å². The van der Waals surface area contributed by atoms with Gasteiger partial charge >= 0.3 is 0 Å². The van der Waals surface area contributed by atoms with Crippen LogP contribution >= 0.6 is 11.3 Å². The molecule has 0 spiro atoms. The highest BCUT2D eigenvalue weighted by Crippen LogP contribution is 2.38. The van der Waals surface area contributed by atoms with Gasteiger partial charge in [0.1, 0.15) is 11.7 Å². The molecule has 0 unspecified atom stereocenters. The molecule has 0 atom stereocenters. The summed E-state index contributed by atoms with van der Waals surface area (Å²) in [6.07, 6.45) is 4.64. The van der Waals surface area contributed by atoms with E-state index in [2.05, 4.69) is 26.0 Å². The number of aryl methyl sites for hydroxylation is 1. The maximum absolute atomic E-state index is 12.8. The van der Waals surface area contributed by atoms with Crippen LogP contribution in [0.15, 0.2) is 34.6 Å². The number of carbonyl (C=O) groups excluding carboxylic acids is 2. The Morgan fingerprint density at radius 2 is 1.97 bits per heavy atom. The number of anilines is 2. The molecule has 1 aliphatic rings. The second-order valence-electron chi connectivity index (χ2n) is 6.44. The Kier molecular flexibility index (Phi) is 6.73. The summed E-state index contributed by atoms with van der Waals surface area (Å²) in [6.45, 7) is -0.0359. The van der Waals surface area contributed by atoms with Gasteiger partial charge in [-0.25, -0.2) is 5.43 Å². The number of azide groups is 1. The minimum absolute atomic E-state index is 0.0359. The van der Waals surface area contributed by atoms with Crippen LogP contribution in [0.2, 0.25) is 0 Å². The average molecular weight is 425 g/mol. The molecule has 1 aromatic carbocycles. The first-order valence-corrected chi connectivity index (χ1v) is 9.91. The lowest BCUT2D eigenvalue weighted by molar-refractivity contribution is 0.0950. The highest BCUT2D eigenvalue weighted by atomic mass is 32.1. The third-order valence-electron chi connectivity index (χ3n) is 4.68. The molecule has 30 heavy (non-hydrogen) atoms. The zero-order valence-electron chi connectivity index (χ0n) is 15.9. The summed E-state index contributed by atoms with van der Waals surface area (Å²) in [7, 11) is 0. The van der Waals surface area contributed by atoms with Crippen LogP contribution in [0.3, 0.4) is 0 Å². The fourth-order valence-corrected chi connectivity index (χ4v) is 4.56. The first kappa shape index (κ1) is 21.0. The smallest absolute Gasteiger partial charge is 0.276 e. The van der Waals surface area contributed by atoms with Gasteiger partial charge in [-0.1, -0.05) is 10.3 Å². The zero-order chi connectivity index (χ0) is 21.5. The number of carbonyl (C=O) groups is 2. The van der Waals surface area contributed by atoms with E-state index in [0.717, 1.165) is 42.5 Å². The maximum Gasteiger partial charge on any atom is 0.276 e. The first-order valence-electron chi connectivity index (χ1n) is 9.10. The predicted octanol–water partition coefficient (Wildman–Crippen LogP) is 4.24. The third kappa shape index (κ3) is 4.45. The molecule has 3 rings (SSSR count). The SMILES string of the molecule is [N-]=[N+]=NCN(C=N)c1ccc(C(=O)Nc2sc3c(c2C(=O)NN=N)CCCC3)cc1. The summed E-state index contributed by atoms with van der Waals surface area (Å²) in [6, 6.07) is 6.45. The minimum Gasteiger partial charge on any atom is -0.327 e. The number of nitrogens with zero attached hydrogens (tertiary/aromatic N) is 5. The molecule has 1 aromatic heterocycles. The molecular weight excluding hydrogens is 406 g/mol. The van der Waals surface area contributed by atoms with Crippen LogP contribution in [0, 0.1) is 10.9 Å². The van der Waals surface area contributed by atoms with Gasteiger partial charge in [-0.2, -0.15) is 5.53 Å². The van der Waals surface area contributed by atoms with Gasteiger partial charge < -0.3 is 10.2 Å². The summed E-state index contributed by atoms with van der Waals surface area (Å²) in [5.74, 6) is -0.886. The lowest BCUT2D eigenvalue weighted by Crippen LogP contribution is -2.21.